The van der Waals surface area contributed by atoms with Gasteiger partial charge in [0.25, 0.3) is 11.6 Å². The normalized spacial score (nSPS) is 13.1. The first-order chi connectivity index (χ1) is 13.1. The molecule has 0 N–H and O–H groups in total. The molecule has 3 aromatic rings. The van der Waals surface area contributed by atoms with Crippen LogP contribution in [-0.4, -0.2) is 15.4 Å². The molecule has 27 heavy (non-hydrogen) atoms. The molecule has 1 amide bonds. The average molecular weight is 379 g/mol. The van der Waals surface area contributed by atoms with Crippen LogP contribution in [0.5, 0.6) is 0 Å². The maximum Gasteiger partial charge on any atom is 0.279 e. The molecule has 0 radical (unpaired) electrons. The van der Waals surface area contributed by atoms with Crippen LogP contribution in [0, 0.1) is 10.1 Å². The Morgan fingerprint density at radius 3 is 2.63 bits per heavy atom. The van der Waals surface area contributed by atoms with E-state index in [1.807, 2.05) is 13.0 Å². The lowest BCUT2D eigenvalue weighted by molar-refractivity contribution is -0.384. The number of non-ortho nitro benzene ring substituents is 1. The molecule has 1 aliphatic rings. The number of thiazole rings is 1. The van der Waals surface area contributed by atoms with Crippen molar-refractivity contribution in [1.82, 2.24) is 4.57 Å². The van der Waals surface area contributed by atoms with Gasteiger partial charge in [-0.1, -0.05) is 24.3 Å². The van der Waals surface area contributed by atoms with Crippen molar-refractivity contribution in [3.63, 3.8) is 0 Å². The number of carbonyl (C=O) groups excluding carboxylic acids is 1. The number of hydrogen-bond acceptors (Lipinski definition) is 4. The zero-order valence-electron chi connectivity index (χ0n) is 14.7. The molecule has 7 heteroatoms. The van der Waals surface area contributed by atoms with Crippen LogP contribution in [-0.2, 0) is 19.4 Å². The molecule has 0 atom stereocenters. The average Bonchev–Trinajstić information content (AvgIpc) is 3.05. The molecule has 0 spiro atoms. The van der Waals surface area contributed by atoms with Gasteiger partial charge in [-0.25, -0.2) is 0 Å². The third-order valence-corrected chi connectivity index (χ3v) is 5.85. The molecule has 4 rings (SSSR count). The van der Waals surface area contributed by atoms with E-state index < -0.39 is 4.92 Å². The molecule has 0 unspecified atom stereocenters. The van der Waals surface area contributed by atoms with Gasteiger partial charge in [0.05, 0.1) is 10.6 Å². The van der Waals surface area contributed by atoms with Crippen LogP contribution in [0.3, 0.4) is 0 Å². The number of aromatic nitrogens is 1. The van der Waals surface area contributed by atoms with Crippen molar-refractivity contribution in [2.75, 3.05) is 0 Å². The predicted molar refractivity (Wildman–Crippen MR) is 104 cm³/mol. The first-order valence-electron chi connectivity index (χ1n) is 8.72. The number of amides is 1. The lowest BCUT2D eigenvalue weighted by Gasteiger charge is -2.17. The highest BCUT2D eigenvalue weighted by Gasteiger charge is 2.22. The molecule has 1 aromatic heterocycles. The molecule has 0 fully saturated rings. The maximum absolute atomic E-state index is 12.6. The second-order valence-corrected chi connectivity index (χ2v) is 7.34. The molecule has 0 bridgehead atoms. The summed E-state index contributed by atoms with van der Waals surface area (Å²) in [5, 5.41) is 10.8. The SMILES string of the molecule is CCn1c2c(sc1=NC(=O)c1ccc([N+](=O)[O-])cc1)CCc1ccccc1-2. The Balaban J connectivity index is 1.78. The van der Waals surface area contributed by atoms with Gasteiger partial charge in [-0.05, 0) is 37.5 Å². The number of nitro groups is 1. The second kappa shape index (κ2) is 6.92. The lowest BCUT2D eigenvalue weighted by Crippen LogP contribution is -2.18. The number of aryl methyl sites for hydroxylation is 2. The Labute approximate surface area is 159 Å². The summed E-state index contributed by atoms with van der Waals surface area (Å²) in [6, 6.07) is 13.9. The molecule has 1 aliphatic carbocycles. The Kier molecular flexibility index (Phi) is 4.45. The summed E-state index contributed by atoms with van der Waals surface area (Å²) in [5.74, 6) is -0.390. The number of nitrogens with zero attached hydrogens (tertiary/aromatic N) is 3. The third-order valence-electron chi connectivity index (χ3n) is 4.71. The third kappa shape index (κ3) is 3.10. The van der Waals surface area contributed by atoms with Crippen molar-refractivity contribution >= 4 is 22.9 Å². The van der Waals surface area contributed by atoms with Crippen molar-refractivity contribution < 1.29 is 9.72 Å². The number of benzene rings is 2. The van der Waals surface area contributed by atoms with Gasteiger partial charge < -0.3 is 4.57 Å². The summed E-state index contributed by atoms with van der Waals surface area (Å²) >= 11 is 1.55. The van der Waals surface area contributed by atoms with E-state index in [1.165, 1.54) is 40.3 Å². The second-order valence-electron chi connectivity index (χ2n) is 6.28. The predicted octanol–water partition coefficient (Wildman–Crippen LogP) is 3.98. The van der Waals surface area contributed by atoms with Crippen LogP contribution in [0.1, 0.15) is 27.7 Å². The topological polar surface area (TPSA) is 77.5 Å². The standard InChI is InChI=1S/C20H17N3O3S/c1-2-22-18-16-6-4-3-5-13(16)9-12-17(18)27-20(22)21-19(24)14-7-10-15(11-8-14)23(25)26/h3-8,10-11H,2,9,12H2,1H3. The van der Waals surface area contributed by atoms with E-state index in [2.05, 4.69) is 27.8 Å². The van der Waals surface area contributed by atoms with Crippen LogP contribution in [0.2, 0.25) is 0 Å². The van der Waals surface area contributed by atoms with Crippen LogP contribution in [0.15, 0.2) is 53.5 Å². The molecular formula is C20H17N3O3S. The van der Waals surface area contributed by atoms with Gasteiger partial charge in [-0.15, -0.1) is 11.3 Å². The Morgan fingerprint density at radius 1 is 1.19 bits per heavy atom. The molecule has 0 aliphatic heterocycles. The van der Waals surface area contributed by atoms with E-state index in [-0.39, 0.29) is 11.6 Å². The molecule has 2 aromatic carbocycles. The fourth-order valence-electron chi connectivity index (χ4n) is 3.40. The summed E-state index contributed by atoms with van der Waals surface area (Å²) in [6.45, 7) is 2.76. The monoisotopic (exact) mass is 379 g/mol. The number of carbonyl (C=O) groups is 1. The van der Waals surface area contributed by atoms with E-state index in [9.17, 15) is 14.9 Å². The van der Waals surface area contributed by atoms with E-state index >= 15 is 0 Å². The zero-order chi connectivity index (χ0) is 19.0. The Hall–Kier alpha value is -3.06. The van der Waals surface area contributed by atoms with Gasteiger partial charge in [0.1, 0.15) is 0 Å². The van der Waals surface area contributed by atoms with E-state index in [1.54, 1.807) is 11.3 Å². The van der Waals surface area contributed by atoms with E-state index in [0.717, 1.165) is 18.5 Å². The zero-order valence-corrected chi connectivity index (χ0v) is 15.5. The van der Waals surface area contributed by atoms with Gasteiger partial charge in [0.15, 0.2) is 4.80 Å². The summed E-state index contributed by atoms with van der Waals surface area (Å²) in [4.78, 5) is 29.1. The molecule has 6 nitrogen and oxygen atoms in total. The number of hydrogen-bond donors (Lipinski definition) is 0. The number of fused-ring (bicyclic) bond motifs is 3. The van der Waals surface area contributed by atoms with Gasteiger partial charge >= 0.3 is 0 Å². The van der Waals surface area contributed by atoms with Crippen LogP contribution in [0.25, 0.3) is 11.3 Å². The minimum atomic E-state index is -0.485. The largest absolute Gasteiger partial charge is 0.316 e. The minimum absolute atomic E-state index is 0.0432. The van der Waals surface area contributed by atoms with Crippen LogP contribution < -0.4 is 4.80 Å². The summed E-state index contributed by atoms with van der Waals surface area (Å²) < 4.78 is 2.08. The van der Waals surface area contributed by atoms with Crippen molar-refractivity contribution in [1.29, 1.82) is 0 Å². The highest BCUT2D eigenvalue weighted by atomic mass is 32.1. The van der Waals surface area contributed by atoms with Gasteiger partial charge in [-0.3, -0.25) is 14.9 Å². The number of nitro benzene ring substituents is 1. The van der Waals surface area contributed by atoms with E-state index in [4.69, 9.17) is 0 Å². The lowest BCUT2D eigenvalue weighted by atomic mass is 9.93. The fourth-order valence-corrected chi connectivity index (χ4v) is 4.60. The van der Waals surface area contributed by atoms with Crippen molar-refractivity contribution in [3.05, 3.63) is 79.5 Å². The van der Waals surface area contributed by atoms with Gasteiger partial charge in [0.2, 0.25) is 0 Å². The molecule has 0 saturated heterocycles. The van der Waals surface area contributed by atoms with Gasteiger partial charge in [-0.2, -0.15) is 4.99 Å². The fraction of sp³-hybridized carbons (Fsp3) is 0.200. The molecule has 1 heterocycles. The van der Waals surface area contributed by atoms with E-state index in [0.29, 0.717) is 16.9 Å². The quantitative estimate of drug-likeness (QED) is 0.510. The van der Waals surface area contributed by atoms with Crippen molar-refractivity contribution in [2.24, 2.45) is 4.99 Å². The molecule has 0 saturated carbocycles. The highest BCUT2D eigenvalue weighted by Crippen LogP contribution is 2.34. The smallest absolute Gasteiger partial charge is 0.279 e. The van der Waals surface area contributed by atoms with Crippen molar-refractivity contribution in [3.8, 4) is 11.3 Å². The molecule has 136 valence electrons. The first kappa shape index (κ1) is 17.4. The molecular weight excluding hydrogens is 362 g/mol. The maximum atomic E-state index is 12.6. The highest BCUT2D eigenvalue weighted by molar-refractivity contribution is 7.09. The minimum Gasteiger partial charge on any atom is -0.316 e. The van der Waals surface area contributed by atoms with Gasteiger partial charge in [0, 0.05) is 34.7 Å². The van der Waals surface area contributed by atoms with Crippen LogP contribution in [0.4, 0.5) is 5.69 Å². The Bertz CT molecular complexity index is 1110. The Morgan fingerprint density at radius 2 is 1.93 bits per heavy atom. The first-order valence-corrected chi connectivity index (χ1v) is 9.54. The van der Waals surface area contributed by atoms with Crippen LogP contribution >= 0.6 is 11.3 Å². The number of rotatable bonds is 3. The summed E-state index contributed by atoms with van der Waals surface area (Å²) in [7, 11) is 0. The summed E-state index contributed by atoms with van der Waals surface area (Å²) in [5.41, 5.74) is 3.98. The van der Waals surface area contributed by atoms with Crippen molar-refractivity contribution in [2.45, 2.75) is 26.3 Å². The summed E-state index contributed by atoms with van der Waals surface area (Å²) in [6.07, 6.45) is 1.93.